The summed E-state index contributed by atoms with van der Waals surface area (Å²) in [6.45, 7) is 0. The molecule has 0 aromatic heterocycles. The quantitative estimate of drug-likeness (QED) is 0.610. The Morgan fingerprint density at radius 3 is 1.91 bits per heavy atom. The average molecular weight is 342 g/mol. The fraction of sp³-hybridized carbons (Fsp3) is 0.357. The predicted octanol–water partition coefficient (Wildman–Crippen LogP) is 1.92. The van der Waals surface area contributed by atoms with Gasteiger partial charge in [-0.1, -0.05) is 0 Å². The minimum absolute atomic E-state index is 0.225. The SMILES string of the molecule is COC(=O)c1ccc(OC(=S)N(C)C)c(OC(=S)N(C)C)c1. The van der Waals surface area contributed by atoms with E-state index in [1.54, 1.807) is 50.1 Å². The number of carbonyl (C=O) groups excluding carboxylic acids is 1. The maximum Gasteiger partial charge on any atom is 0.337 e. The Labute approximate surface area is 140 Å². The number of rotatable bonds is 3. The molecule has 0 radical (unpaired) electrons. The van der Waals surface area contributed by atoms with Crippen LogP contribution in [-0.2, 0) is 4.74 Å². The Hall–Kier alpha value is -1.93. The summed E-state index contributed by atoms with van der Waals surface area (Å²) in [4.78, 5) is 14.9. The van der Waals surface area contributed by atoms with Gasteiger partial charge in [0.05, 0.1) is 12.7 Å². The number of thiocarbonyl (C=S) groups is 2. The summed E-state index contributed by atoms with van der Waals surface area (Å²) in [5.74, 6) is 0.156. The van der Waals surface area contributed by atoms with Gasteiger partial charge in [0, 0.05) is 28.2 Å². The van der Waals surface area contributed by atoms with Crippen LogP contribution in [0.3, 0.4) is 0 Å². The first kappa shape index (κ1) is 18.1. The van der Waals surface area contributed by atoms with Crippen molar-refractivity contribution >= 4 is 40.8 Å². The van der Waals surface area contributed by atoms with E-state index in [0.29, 0.717) is 11.3 Å². The molecular weight excluding hydrogens is 324 g/mol. The Morgan fingerprint density at radius 2 is 1.45 bits per heavy atom. The molecule has 1 aromatic rings. The highest BCUT2D eigenvalue weighted by Gasteiger charge is 2.16. The van der Waals surface area contributed by atoms with E-state index < -0.39 is 5.97 Å². The van der Waals surface area contributed by atoms with Crippen molar-refractivity contribution in [3.8, 4) is 11.5 Å². The number of benzene rings is 1. The van der Waals surface area contributed by atoms with Crippen molar-refractivity contribution < 1.29 is 19.0 Å². The van der Waals surface area contributed by atoms with Gasteiger partial charge in [-0.25, -0.2) is 4.79 Å². The van der Waals surface area contributed by atoms with Crippen molar-refractivity contribution in [1.82, 2.24) is 9.80 Å². The lowest BCUT2D eigenvalue weighted by atomic mass is 10.2. The van der Waals surface area contributed by atoms with Crippen LogP contribution >= 0.6 is 24.4 Å². The minimum Gasteiger partial charge on any atom is -0.465 e. The number of carbonyl (C=O) groups is 1. The van der Waals surface area contributed by atoms with E-state index in [9.17, 15) is 4.79 Å². The molecule has 0 saturated carbocycles. The van der Waals surface area contributed by atoms with Gasteiger partial charge >= 0.3 is 5.97 Å². The maximum absolute atomic E-state index is 11.6. The molecule has 1 aromatic carbocycles. The highest BCUT2D eigenvalue weighted by atomic mass is 32.1. The third-order valence-electron chi connectivity index (χ3n) is 2.49. The zero-order valence-corrected chi connectivity index (χ0v) is 14.7. The summed E-state index contributed by atoms with van der Waals surface area (Å²) in [6, 6.07) is 4.63. The first-order valence-electron chi connectivity index (χ1n) is 6.27. The van der Waals surface area contributed by atoms with Crippen LogP contribution in [0, 0.1) is 0 Å². The standard InChI is InChI=1S/C14H18N2O4S2/c1-15(2)13(21)19-10-7-6-9(12(17)18-5)8-11(10)20-14(22)16(3)4/h6-8H,1-5H3. The van der Waals surface area contributed by atoms with Crippen LogP contribution in [0.2, 0.25) is 0 Å². The third kappa shape index (κ3) is 4.81. The van der Waals surface area contributed by atoms with E-state index in [1.807, 2.05) is 0 Å². The molecule has 0 unspecified atom stereocenters. The molecule has 0 bridgehead atoms. The summed E-state index contributed by atoms with van der Waals surface area (Å²) in [5, 5.41) is 0.481. The van der Waals surface area contributed by atoms with Crippen LogP contribution < -0.4 is 9.47 Å². The van der Waals surface area contributed by atoms with Gasteiger partial charge in [0.1, 0.15) is 0 Å². The van der Waals surface area contributed by atoms with Gasteiger partial charge in [0.15, 0.2) is 11.5 Å². The molecule has 6 nitrogen and oxygen atoms in total. The zero-order valence-electron chi connectivity index (χ0n) is 13.1. The normalized spacial score (nSPS) is 9.68. The molecule has 0 fully saturated rings. The van der Waals surface area contributed by atoms with E-state index in [2.05, 4.69) is 0 Å². The summed E-state index contributed by atoms with van der Waals surface area (Å²) < 4.78 is 15.8. The molecule has 0 N–H and O–H groups in total. The molecule has 8 heteroatoms. The van der Waals surface area contributed by atoms with Crippen molar-refractivity contribution in [2.45, 2.75) is 0 Å². The second-order valence-corrected chi connectivity index (χ2v) is 5.38. The Balaban J connectivity index is 3.16. The Kier molecular flexibility index (Phi) is 6.51. The lowest BCUT2D eigenvalue weighted by Gasteiger charge is -2.19. The maximum atomic E-state index is 11.6. The van der Waals surface area contributed by atoms with Gasteiger partial charge in [-0.3, -0.25) is 0 Å². The number of nitrogens with zero attached hydrogens (tertiary/aromatic N) is 2. The number of hydrogen-bond acceptors (Lipinski definition) is 6. The molecule has 0 amide bonds. The number of hydrogen-bond donors (Lipinski definition) is 0. The third-order valence-corrected chi connectivity index (χ3v) is 3.39. The van der Waals surface area contributed by atoms with Crippen molar-refractivity contribution in [3.63, 3.8) is 0 Å². The topological polar surface area (TPSA) is 51.2 Å². The van der Waals surface area contributed by atoms with Crippen LogP contribution in [0.25, 0.3) is 0 Å². The summed E-state index contributed by atoms with van der Waals surface area (Å²) in [6.07, 6.45) is 0. The number of methoxy groups -OCH3 is 1. The fourth-order valence-electron chi connectivity index (χ4n) is 1.29. The van der Waals surface area contributed by atoms with Gasteiger partial charge in [0.2, 0.25) is 0 Å². The van der Waals surface area contributed by atoms with E-state index >= 15 is 0 Å². The highest BCUT2D eigenvalue weighted by molar-refractivity contribution is 7.80. The Morgan fingerprint density at radius 1 is 0.955 bits per heavy atom. The molecule has 0 heterocycles. The van der Waals surface area contributed by atoms with Crippen molar-refractivity contribution in [1.29, 1.82) is 0 Å². The average Bonchev–Trinajstić information content (AvgIpc) is 2.47. The van der Waals surface area contributed by atoms with Gasteiger partial charge in [-0.05, 0) is 42.6 Å². The first-order chi connectivity index (χ1) is 10.3. The molecular formula is C14H18N2O4S2. The number of esters is 1. The smallest absolute Gasteiger partial charge is 0.337 e. The largest absolute Gasteiger partial charge is 0.465 e. The van der Waals surface area contributed by atoms with Gasteiger partial charge in [0.25, 0.3) is 10.3 Å². The second kappa shape index (κ2) is 7.90. The Bertz CT molecular complexity index is 588. The van der Waals surface area contributed by atoms with Gasteiger partial charge < -0.3 is 24.0 Å². The molecule has 0 atom stereocenters. The molecule has 0 aliphatic carbocycles. The van der Waals surface area contributed by atoms with Crippen molar-refractivity contribution in [2.24, 2.45) is 0 Å². The summed E-state index contributed by atoms with van der Waals surface area (Å²) in [5.41, 5.74) is 0.321. The van der Waals surface area contributed by atoms with Crippen LogP contribution in [-0.4, -0.2) is 61.4 Å². The summed E-state index contributed by atoms with van der Waals surface area (Å²) in [7, 11) is 8.32. The predicted molar refractivity (Wildman–Crippen MR) is 91.6 cm³/mol. The minimum atomic E-state index is -0.484. The highest BCUT2D eigenvalue weighted by Crippen LogP contribution is 2.29. The molecule has 1 rings (SSSR count). The zero-order chi connectivity index (χ0) is 16.9. The second-order valence-electron chi connectivity index (χ2n) is 4.68. The van der Waals surface area contributed by atoms with E-state index in [0.717, 1.165) is 0 Å². The summed E-state index contributed by atoms with van der Waals surface area (Å²) >= 11 is 10.2. The molecule has 22 heavy (non-hydrogen) atoms. The monoisotopic (exact) mass is 342 g/mol. The lowest BCUT2D eigenvalue weighted by Crippen LogP contribution is -2.27. The molecule has 0 saturated heterocycles. The molecule has 0 aliphatic rings. The van der Waals surface area contributed by atoms with Crippen LogP contribution in [0.1, 0.15) is 10.4 Å². The van der Waals surface area contributed by atoms with E-state index in [4.69, 9.17) is 38.6 Å². The van der Waals surface area contributed by atoms with E-state index in [-0.39, 0.29) is 16.1 Å². The molecule has 0 aliphatic heterocycles. The van der Waals surface area contributed by atoms with Crippen molar-refractivity contribution in [2.75, 3.05) is 35.3 Å². The van der Waals surface area contributed by atoms with Crippen molar-refractivity contribution in [3.05, 3.63) is 23.8 Å². The van der Waals surface area contributed by atoms with Gasteiger partial charge in [-0.2, -0.15) is 0 Å². The number of ether oxygens (including phenoxy) is 3. The fourth-order valence-corrected chi connectivity index (χ4v) is 1.47. The first-order valence-corrected chi connectivity index (χ1v) is 7.08. The molecule has 120 valence electrons. The molecule has 0 spiro atoms. The van der Waals surface area contributed by atoms with Crippen LogP contribution in [0.15, 0.2) is 18.2 Å². The van der Waals surface area contributed by atoms with Crippen LogP contribution in [0.5, 0.6) is 11.5 Å². The van der Waals surface area contributed by atoms with Gasteiger partial charge in [-0.15, -0.1) is 0 Å². The van der Waals surface area contributed by atoms with Crippen LogP contribution in [0.4, 0.5) is 0 Å². The lowest BCUT2D eigenvalue weighted by molar-refractivity contribution is 0.0600. The van der Waals surface area contributed by atoms with E-state index in [1.165, 1.54) is 13.2 Å².